The van der Waals surface area contributed by atoms with E-state index in [0.29, 0.717) is 5.02 Å². The van der Waals surface area contributed by atoms with E-state index in [0.717, 1.165) is 28.8 Å². The van der Waals surface area contributed by atoms with Gasteiger partial charge in [-0.1, -0.05) is 36.6 Å². The standard InChI is InChI=1S/C12H14BrClO/c13-10-3-1-2-9(12(10)14)11(15)7-6-8-4-5-8/h1-3,8,11,15H,4-7H2. The molecule has 1 aromatic rings. The van der Waals surface area contributed by atoms with Crippen LogP contribution >= 0.6 is 27.5 Å². The maximum absolute atomic E-state index is 10.00. The van der Waals surface area contributed by atoms with Gasteiger partial charge < -0.3 is 5.11 Å². The zero-order chi connectivity index (χ0) is 10.8. The molecule has 1 atom stereocenters. The number of hydrogen-bond donors (Lipinski definition) is 1. The van der Waals surface area contributed by atoms with E-state index in [1.165, 1.54) is 12.8 Å². The van der Waals surface area contributed by atoms with E-state index in [1.54, 1.807) is 0 Å². The van der Waals surface area contributed by atoms with E-state index < -0.39 is 6.10 Å². The minimum Gasteiger partial charge on any atom is -0.388 e. The summed E-state index contributed by atoms with van der Waals surface area (Å²) in [6.45, 7) is 0. The molecule has 0 heterocycles. The van der Waals surface area contributed by atoms with Gasteiger partial charge in [0.25, 0.3) is 0 Å². The number of hydrogen-bond acceptors (Lipinski definition) is 1. The number of benzene rings is 1. The summed E-state index contributed by atoms with van der Waals surface area (Å²) in [6.07, 6.45) is 4.18. The summed E-state index contributed by atoms with van der Waals surface area (Å²) in [5.74, 6) is 0.852. The largest absolute Gasteiger partial charge is 0.388 e. The normalized spacial score (nSPS) is 17.8. The predicted molar refractivity (Wildman–Crippen MR) is 66.1 cm³/mol. The van der Waals surface area contributed by atoms with Gasteiger partial charge in [0.1, 0.15) is 0 Å². The Kier molecular flexibility index (Phi) is 3.70. The van der Waals surface area contributed by atoms with Gasteiger partial charge in [0.2, 0.25) is 0 Å². The van der Waals surface area contributed by atoms with Gasteiger partial charge in [-0.3, -0.25) is 0 Å². The van der Waals surface area contributed by atoms with Crippen molar-refractivity contribution in [2.75, 3.05) is 0 Å². The van der Waals surface area contributed by atoms with Crippen molar-refractivity contribution in [2.45, 2.75) is 31.8 Å². The molecular formula is C12H14BrClO. The minimum atomic E-state index is -0.421. The van der Waals surface area contributed by atoms with E-state index >= 15 is 0 Å². The van der Waals surface area contributed by atoms with Crippen molar-refractivity contribution in [1.82, 2.24) is 0 Å². The van der Waals surface area contributed by atoms with Gasteiger partial charge in [-0.15, -0.1) is 0 Å². The molecule has 0 amide bonds. The second kappa shape index (κ2) is 4.86. The Morgan fingerprint density at radius 1 is 1.47 bits per heavy atom. The van der Waals surface area contributed by atoms with Crippen molar-refractivity contribution in [3.8, 4) is 0 Å². The first-order valence-corrected chi connectivity index (χ1v) is 6.47. The van der Waals surface area contributed by atoms with Gasteiger partial charge in [0.05, 0.1) is 11.1 Å². The summed E-state index contributed by atoms with van der Waals surface area (Å²) in [7, 11) is 0. The molecule has 1 aliphatic rings. The lowest BCUT2D eigenvalue weighted by Crippen LogP contribution is -1.99. The molecule has 1 saturated carbocycles. The van der Waals surface area contributed by atoms with Crippen LogP contribution in [0.25, 0.3) is 0 Å². The molecule has 0 aliphatic heterocycles. The molecule has 0 aromatic heterocycles. The molecule has 0 bridgehead atoms. The molecule has 0 saturated heterocycles. The van der Waals surface area contributed by atoms with Gasteiger partial charge in [0, 0.05) is 10.0 Å². The van der Waals surface area contributed by atoms with Gasteiger partial charge in [0.15, 0.2) is 0 Å². The number of rotatable bonds is 4. The van der Waals surface area contributed by atoms with Gasteiger partial charge in [-0.2, -0.15) is 0 Å². The summed E-state index contributed by atoms with van der Waals surface area (Å²) >= 11 is 9.48. The van der Waals surface area contributed by atoms with Crippen LogP contribution in [-0.2, 0) is 0 Å². The van der Waals surface area contributed by atoms with E-state index in [2.05, 4.69) is 15.9 Å². The highest BCUT2D eigenvalue weighted by atomic mass is 79.9. The Bertz CT molecular complexity index is 349. The summed E-state index contributed by atoms with van der Waals surface area (Å²) in [4.78, 5) is 0. The smallest absolute Gasteiger partial charge is 0.0805 e. The van der Waals surface area contributed by atoms with Crippen LogP contribution in [0.2, 0.25) is 5.02 Å². The minimum absolute atomic E-state index is 0.421. The Morgan fingerprint density at radius 3 is 2.87 bits per heavy atom. The van der Waals surface area contributed by atoms with Crippen molar-refractivity contribution >= 4 is 27.5 Å². The van der Waals surface area contributed by atoms with Crippen LogP contribution in [0.1, 0.15) is 37.4 Å². The van der Waals surface area contributed by atoms with Crippen LogP contribution in [-0.4, -0.2) is 5.11 Å². The van der Waals surface area contributed by atoms with Crippen molar-refractivity contribution in [2.24, 2.45) is 5.92 Å². The molecular weight excluding hydrogens is 275 g/mol. The van der Waals surface area contributed by atoms with Crippen LogP contribution in [0.3, 0.4) is 0 Å². The lowest BCUT2D eigenvalue weighted by Gasteiger charge is -2.13. The quantitative estimate of drug-likeness (QED) is 0.875. The van der Waals surface area contributed by atoms with Crippen LogP contribution in [0.4, 0.5) is 0 Å². The zero-order valence-electron chi connectivity index (χ0n) is 8.42. The fraction of sp³-hybridized carbons (Fsp3) is 0.500. The summed E-state index contributed by atoms with van der Waals surface area (Å²) in [6, 6.07) is 5.69. The molecule has 2 rings (SSSR count). The van der Waals surface area contributed by atoms with Crippen molar-refractivity contribution in [3.63, 3.8) is 0 Å². The average molecular weight is 290 g/mol. The molecule has 82 valence electrons. The molecule has 1 aromatic carbocycles. The summed E-state index contributed by atoms with van der Waals surface area (Å²) < 4.78 is 0.854. The summed E-state index contributed by atoms with van der Waals surface area (Å²) in [5, 5.41) is 10.6. The molecule has 15 heavy (non-hydrogen) atoms. The first-order chi connectivity index (χ1) is 7.18. The lowest BCUT2D eigenvalue weighted by atomic mass is 10.0. The van der Waals surface area contributed by atoms with Crippen LogP contribution in [0, 0.1) is 5.92 Å². The third kappa shape index (κ3) is 2.96. The SMILES string of the molecule is OC(CCC1CC1)c1cccc(Br)c1Cl. The van der Waals surface area contributed by atoms with Gasteiger partial charge in [-0.05, 0) is 40.8 Å². The molecule has 1 unspecified atom stereocenters. The van der Waals surface area contributed by atoms with E-state index in [9.17, 15) is 5.11 Å². The average Bonchev–Trinajstić information content (AvgIpc) is 3.02. The molecule has 1 fully saturated rings. The highest BCUT2D eigenvalue weighted by Crippen LogP contribution is 2.38. The topological polar surface area (TPSA) is 20.2 Å². The van der Waals surface area contributed by atoms with Crippen molar-refractivity contribution in [3.05, 3.63) is 33.3 Å². The lowest BCUT2D eigenvalue weighted by molar-refractivity contribution is 0.162. The highest BCUT2D eigenvalue weighted by molar-refractivity contribution is 9.10. The second-order valence-electron chi connectivity index (χ2n) is 4.18. The van der Waals surface area contributed by atoms with Gasteiger partial charge in [-0.25, -0.2) is 0 Å². The fourth-order valence-electron chi connectivity index (χ4n) is 1.73. The van der Waals surface area contributed by atoms with Gasteiger partial charge >= 0.3 is 0 Å². The Balaban J connectivity index is 2.02. The molecule has 0 spiro atoms. The van der Waals surface area contributed by atoms with Crippen molar-refractivity contribution < 1.29 is 5.11 Å². The predicted octanol–water partition coefficient (Wildman–Crippen LogP) is 4.33. The first kappa shape index (κ1) is 11.4. The maximum atomic E-state index is 10.00. The van der Waals surface area contributed by atoms with Crippen LogP contribution in [0.15, 0.2) is 22.7 Å². The van der Waals surface area contributed by atoms with E-state index in [1.807, 2.05) is 18.2 Å². The Morgan fingerprint density at radius 2 is 2.20 bits per heavy atom. The molecule has 0 radical (unpaired) electrons. The number of halogens is 2. The molecule has 3 heteroatoms. The van der Waals surface area contributed by atoms with E-state index in [4.69, 9.17) is 11.6 Å². The number of aliphatic hydroxyl groups excluding tert-OH is 1. The monoisotopic (exact) mass is 288 g/mol. The number of aliphatic hydroxyl groups is 1. The maximum Gasteiger partial charge on any atom is 0.0805 e. The van der Waals surface area contributed by atoms with Crippen LogP contribution in [0.5, 0.6) is 0 Å². The second-order valence-corrected chi connectivity index (χ2v) is 5.41. The van der Waals surface area contributed by atoms with Crippen molar-refractivity contribution in [1.29, 1.82) is 0 Å². The first-order valence-electron chi connectivity index (χ1n) is 5.30. The Hall–Kier alpha value is -0.0500. The molecule has 1 N–H and O–H groups in total. The highest BCUT2D eigenvalue weighted by Gasteiger charge is 2.23. The Labute approximate surface area is 104 Å². The van der Waals surface area contributed by atoms with Crippen LogP contribution < -0.4 is 0 Å². The third-order valence-corrected chi connectivity index (χ3v) is 4.20. The zero-order valence-corrected chi connectivity index (χ0v) is 10.8. The third-order valence-electron chi connectivity index (χ3n) is 2.89. The summed E-state index contributed by atoms with van der Waals surface area (Å²) in [5.41, 5.74) is 0.840. The molecule has 1 nitrogen and oxygen atoms in total. The van der Waals surface area contributed by atoms with E-state index in [-0.39, 0.29) is 0 Å². The molecule has 1 aliphatic carbocycles. The fourth-order valence-corrected chi connectivity index (χ4v) is 2.37.